The number of nitrogens with zero attached hydrogens (tertiary/aromatic N) is 2. The number of aromatic hydroxyl groups is 1. The molecule has 1 saturated carbocycles. The Labute approximate surface area is 113 Å². The molecule has 0 unspecified atom stereocenters. The van der Waals surface area contributed by atoms with Gasteiger partial charge in [0.2, 0.25) is 0 Å². The maximum Gasteiger partial charge on any atom is 0.258 e. The van der Waals surface area contributed by atoms with E-state index in [4.69, 9.17) is 5.26 Å². The van der Waals surface area contributed by atoms with Crippen molar-refractivity contribution in [3.8, 4) is 11.8 Å². The Balaban J connectivity index is 2.28. The highest BCUT2D eigenvalue weighted by Crippen LogP contribution is 2.27. The van der Waals surface area contributed by atoms with Crippen LogP contribution in [0.2, 0.25) is 0 Å². The summed E-state index contributed by atoms with van der Waals surface area (Å²) in [5.41, 5.74) is 1.21. The van der Waals surface area contributed by atoms with Gasteiger partial charge in [-0.1, -0.05) is 24.5 Å². The third kappa shape index (κ3) is 2.87. The second kappa shape index (κ2) is 5.75. The van der Waals surface area contributed by atoms with Gasteiger partial charge in [-0.15, -0.1) is 0 Å². The summed E-state index contributed by atoms with van der Waals surface area (Å²) in [6, 6.07) is 7.15. The summed E-state index contributed by atoms with van der Waals surface area (Å²) in [5, 5.41) is 18.7. The van der Waals surface area contributed by atoms with Gasteiger partial charge in [-0.3, -0.25) is 4.79 Å². The molecule has 0 heterocycles. The zero-order chi connectivity index (χ0) is 13.8. The molecule has 0 radical (unpaired) electrons. The Morgan fingerprint density at radius 3 is 2.79 bits per heavy atom. The smallest absolute Gasteiger partial charge is 0.258 e. The van der Waals surface area contributed by atoms with Crippen LogP contribution in [0.5, 0.6) is 5.75 Å². The second-order valence-corrected chi connectivity index (χ2v) is 5.05. The van der Waals surface area contributed by atoms with Crippen LogP contribution in [0.4, 0.5) is 0 Å². The first kappa shape index (κ1) is 13.4. The van der Waals surface area contributed by atoms with Crippen molar-refractivity contribution in [2.75, 3.05) is 6.54 Å². The largest absolute Gasteiger partial charge is 0.507 e. The molecular weight excluding hydrogens is 240 g/mol. The van der Waals surface area contributed by atoms with E-state index < -0.39 is 0 Å². The molecule has 1 aromatic carbocycles. The maximum atomic E-state index is 12.5. The summed E-state index contributed by atoms with van der Waals surface area (Å²) < 4.78 is 0. The Bertz CT molecular complexity index is 513. The van der Waals surface area contributed by atoms with Gasteiger partial charge in [-0.05, 0) is 31.9 Å². The lowest BCUT2D eigenvalue weighted by Crippen LogP contribution is -2.39. The number of hydrogen-bond acceptors (Lipinski definition) is 3. The molecule has 1 aliphatic rings. The zero-order valence-electron chi connectivity index (χ0n) is 11.1. The van der Waals surface area contributed by atoms with Gasteiger partial charge in [-0.25, -0.2) is 0 Å². The first-order chi connectivity index (χ1) is 9.13. The molecule has 0 aliphatic heterocycles. The first-order valence-corrected chi connectivity index (χ1v) is 6.61. The molecule has 0 aromatic heterocycles. The van der Waals surface area contributed by atoms with Crippen LogP contribution in [0.15, 0.2) is 18.2 Å². The number of phenolic OH excluding ortho intramolecular Hbond substituents is 1. The Morgan fingerprint density at radius 2 is 2.16 bits per heavy atom. The number of rotatable bonds is 3. The van der Waals surface area contributed by atoms with E-state index in [1.54, 1.807) is 17.0 Å². The minimum absolute atomic E-state index is 0.0171. The van der Waals surface area contributed by atoms with Gasteiger partial charge in [0.1, 0.15) is 12.3 Å². The normalized spacial score (nSPS) is 15.2. The van der Waals surface area contributed by atoms with Crippen molar-refractivity contribution in [2.45, 2.75) is 38.6 Å². The molecule has 0 spiro atoms. The van der Waals surface area contributed by atoms with E-state index in [2.05, 4.69) is 6.07 Å². The average molecular weight is 258 g/mol. The molecule has 0 bridgehead atoms. The first-order valence-electron chi connectivity index (χ1n) is 6.61. The minimum Gasteiger partial charge on any atom is -0.507 e. The van der Waals surface area contributed by atoms with Crippen LogP contribution in [0, 0.1) is 18.3 Å². The average Bonchev–Trinajstić information content (AvgIpc) is 2.92. The molecule has 4 nitrogen and oxygen atoms in total. The lowest BCUT2D eigenvalue weighted by Gasteiger charge is -2.26. The van der Waals surface area contributed by atoms with Crippen LogP contribution < -0.4 is 0 Å². The van der Waals surface area contributed by atoms with E-state index in [1.165, 1.54) is 6.07 Å². The topological polar surface area (TPSA) is 64.3 Å². The third-order valence-electron chi connectivity index (χ3n) is 3.65. The maximum absolute atomic E-state index is 12.5. The Morgan fingerprint density at radius 1 is 1.47 bits per heavy atom. The fourth-order valence-electron chi connectivity index (χ4n) is 2.63. The summed E-state index contributed by atoms with van der Waals surface area (Å²) >= 11 is 0. The van der Waals surface area contributed by atoms with Crippen LogP contribution >= 0.6 is 0 Å². The zero-order valence-corrected chi connectivity index (χ0v) is 11.1. The number of amides is 1. The van der Waals surface area contributed by atoms with Gasteiger partial charge < -0.3 is 10.0 Å². The predicted molar refractivity (Wildman–Crippen MR) is 71.7 cm³/mol. The molecule has 0 saturated heterocycles. The lowest BCUT2D eigenvalue weighted by atomic mass is 10.1. The van der Waals surface area contributed by atoms with E-state index >= 15 is 0 Å². The van der Waals surface area contributed by atoms with Gasteiger partial charge >= 0.3 is 0 Å². The van der Waals surface area contributed by atoms with Crippen LogP contribution in [0.25, 0.3) is 0 Å². The van der Waals surface area contributed by atoms with Crippen LogP contribution in [-0.2, 0) is 0 Å². The van der Waals surface area contributed by atoms with Crippen molar-refractivity contribution < 1.29 is 9.90 Å². The van der Waals surface area contributed by atoms with Crippen LogP contribution in [0.3, 0.4) is 0 Å². The number of aryl methyl sites for hydroxylation is 1. The summed E-state index contributed by atoms with van der Waals surface area (Å²) in [6.07, 6.45) is 4.08. The number of hydrogen-bond donors (Lipinski definition) is 1. The lowest BCUT2D eigenvalue weighted by molar-refractivity contribution is 0.0706. The molecule has 2 rings (SSSR count). The van der Waals surface area contributed by atoms with Crippen LogP contribution in [-0.4, -0.2) is 28.5 Å². The highest BCUT2D eigenvalue weighted by molar-refractivity contribution is 5.97. The van der Waals surface area contributed by atoms with E-state index in [0.29, 0.717) is 5.56 Å². The SMILES string of the molecule is Cc1ccc(O)c(C(=O)N(CC#N)C2CCCC2)c1. The fourth-order valence-corrected chi connectivity index (χ4v) is 2.63. The van der Waals surface area contributed by atoms with Crippen molar-refractivity contribution in [1.82, 2.24) is 4.90 Å². The molecule has 19 heavy (non-hydrogen) atoms. The molecule has 0 atom stereocenters. The molecule has 1 amide bonds. The van der Waals surface area contributed by atoms with Gasteiger partial charge in [0.05, 0.1) is 11.6 Å². The van der Waals surface area contributed by atoms with Crippen molar-refractivity contribution in [3.05, 3.63) is 29.3 Å². The van der Waals surface area contributed by atoms with E-state index in [1.807, 2.05) is 6.92 Å². The Hall–Kier alpha value is -2.02. The van der Waals surface area contributed by atoms with Crippen LogP contribution in [0.1, 0.15) is 41.6 Å². The predicted octanol–water partition coefficient (Wildman–Crippen LogP) is 2.61. The quantitative estimate of drug-likeness (QED) is 0.847. The molecule has 1 fully saturated rings. The van der Waals surface area contributed by atoms with Crippen molar-refractivity contribution in [3.63, 3.8) is 0 Å². The third-order valence-corrected chi connectivity index (χ3v) is 3.65. The van der Waals surface area contributed by atoms with Gasteiger partial charge in [0, 0.05) is 6.04 Å². The number of benzene rings is 1. The summed E-state index contributed by atoms with van der Waals surface area (Å²) in [6.45, 7) is 1.96. The Kier molecular flexibility index (Phi) is 4.06. The number of phenols is 1. The summed E-state index contributed by atoms with van der Waals surface area (Å²) in [5.74, 6) is -0.258. The van der Waals surface area contributed by atoms with E-state index in [9.17, 15) is 9.90 Å². The fraction of sp³-hybridized carbons (Fsp3) is 0.467. The molecule has 1 aliphatic carbocycles. The van der Waals surface area contributed by atoms with Crippen molar-refractivity contribution in [1.29, 1.82) is 5.26 Å². The minimum atomic E-state index is -0.241. The molecule has 1 N–H and O–H groups in total. The number of carbonyl (C=O) groups excluding carboxylic acids is 1. The van der Waals surface area contributed by atoms with Crippen molar-refractivity contribution in [2.24, 2.45) is 0 Å². The van der Waals surface area contributed by atoms with Gasteiger partial charge in [0.15, 0.2) is 0 Å². The van der Waals surface area contributed by atoms with E-state index in [-0.39, 0.29) is 24.2 Å². The summed E-state index contributed by atoms with van der Waals surface area (Å²) in [7, 11) is 0. The molecule has 4 heteroatoms. The van der Waals surface area contributed by atoms with Gasteiger partial charge in [0.25, 0.3) is 5.91 Å². The number of carbonyl (C=O) groups is 1. The monoisotopic (exact) mass is 258 g/mol. The summed E-state index contributed by atoms with van der Waals surface area (Å²) in [4.78, 5) is 14.1. The van der Waals surface area contributed by atoms with Crippen molar-refractivity contribution >= 4 is 5.91 Å². The second-order valence-electron chi connectivity index (χ2n) is 5.05. The number of nitriles is 1. The van der Waals surface area contributed by atoms with E-state index in [0.717, 1.165) is 31.2 Å². The highest BCUT2D eigenvalue weighted by atomic mass is 16.3. The highest BCUT2D eigenvalue weighted by Gasteiger charge is 2.28. The molecular formula is C15H18N2O2. The standard InChI is InChI=1S/C15H18N2O2/c1-11-6-7-14(18)13(10-11)15(19)17(9-8-16)12-4-2-3-5-12/h6-7,10,12,18H,2-5,9H2,1H3. The molecule has 100 valence electrons. The van der Waals surface area contributed by atoms with Gasteiger partial charge in [-0.2, -0.15) is 5.26 Å². The molecule has 1 aromatic rings.